The lowest BCUT2D eigenvalue weighted by atomic mass is 10.0. The molecule has 0 radical (unpaired) electrons. The zero-order chi connectivity index (χ0) is 5.84. The highest BCUT2D eigenvalue weighted by Gasteiger charge is 2.48. The van der Waals surface area contributed by atoms with Gasteiger partial charge in [0.2, 0.25) is 0 Å². The van der Waals surface area contributed by atoms with Gasteiger partial charge in [-0.3, -0.25) is 10.9 Å². The van der Waals surface area contributed by atoms with Crippen molar-refractivity contribution in [3.8, 4) is 0 Å². The van der Waals surface area contributed by atoms with Crippen LogP contribution in [0.25, 0.3) is 0 Å². The second kappa shape index (κ2) is 1.22. The Bertz CT molecular complexity index is 176. The molecule has 0 amide bonds. The van der Waals surface area contributed by atoms with E-state index in [0.717, 1.165) is 23.9 Å². The van der Waals surface area contributed by atoms with Crippen LogP contribution in [-0.4, -0.2) is 12.1 Å². The summed E-state index contributed by atoms with van der Waals surface area (Å²) in [5.74, 6) is 1.66. The fraction of sp³-hybridized carbons (Fsp3) is 0.714. The van der Waals surface area contributed by atoms with Crippen molar-refractivity contribution in [1.82, 2.24) is 10.9 Å². The van der Waals surface area contributed by atoms with Gasteiger partial charge in [0.05, 0.1) is 0 Å². The topological polar surface area (TPSA) is 24.1 Å². The molecule has 0 aromatic heterocycles. The van der Waals surface area contributed by atoms with Gasteiger partial charge < -0.3 is 0 Å². The Labute approximate surface area is 54.3 Å². The predicted octanol–water partition coefficient (Wildman–Crippen LogP) is 0.0373. The Morgan fingerprint density at radius 1 is 1.22 bits per heavy atom. The molecule has 0 aromatic carbocycles. The zero-order valence-corrected chi connectivity index (χ0v) is 5.17. The summed E-state index contributed by atoms with van der Waals surface area (Å²) in [5.41, 5.74) is 6.59. The molecule has 4 atom stereocenters. The second-order valence-electron chi connectivity index (χ2n) is 3.28. The van der Waals surface area contributed by atoms with Crippen molar-refractivity contribution in [2.45, 2.75) is 18.5 Å². The summed E-state index contributed by atoms with van der Waals surface area (Å²) in [6.45, 7) is 0. The number of hydrogen-bond acceptors (Lipinski definition) is 2. The molecule has 0 spiro atoms. The third kappa shape index (κ3) is 0.373. The molecule has 1 saturated carbocycles. The lowest BCUT2D eigenvalue weighted by Crippen LogP contribution is -2.42. The van der Waals surface area contributed by atoms with E-state index in [0.29, 0.717) is 0 Å². The summed E-state index contributed by atoms with van der Waals surface area (Å²) in [4.78, 5) is 0. The minimum absolute atomic E-state index is 0.745. The number of rotatable bonds is 0. The van der Waals surface area contributed by atoms with Crippen LogP contribution in [0.2, 0.25) is 0 Å². The monoisotopic (exact) mass is 122 g/mol. The molecule has 2 N–H and O–H groups in total. The molecule has 1 aliphatic heterocycles. The molecule has 1 heterocycles. The minimum Gasteiger partial charge on any atom is -0.254 e. The van der Waals surface area contributed by atoms with E-state index in [1.807, 2.05) is 0 Å². The van der Waals surface area contributed by atoms with Gasteiger partial charge in [0.1, 0.15) is 0 Å². The number of hydrazine groups is 1. The van der Waals surface area contributed by atoms with Gasteiger partial charge in [-0.05, 0) is 12.3 Å². The summed E-state index contributed by atoms with van der Waals surface area (Å²) < 4.78 is 0. The molecule has 3 aliphatic rings. The molecule has 4 unspecified atom stereocenters. The molecule has 4 bridgehead atoms. The third-order valence-electron chi connectivity index (χ3n) is 2.88. The lowest BCUT2D eigenvalue weighted by molar-refractivity contribution is 0.377. The number of hydrogen-bond donors (Lipinski definition) is 2. The molecule has 2 aliphatic carbocycles. The smallest absolute Gasteiger partial charge is 0.0354 e. The van der Waals surface area contributed by atoms with Gasteiger partial charge in [-0.1, -0.05) is 12.2 Å². The Balaban J connectivity index is 2.10. The molecule has 9 heavy (non-hydrogen) atoms. The highest BCUT2D eigenvalue weighted by Crippen LogP contribution is 2.41. The summed E-state index contributed by atoms with van der Waals surface area (Å²) in [6.07, 6.45) is 6.08. The third-order valence-corrected chi connectivity index (χ3v) is 2.88. The van der Waals surface area contributed by atoms with Crippen LogP contribution >= 0.6 is 0 Å². The maximum Gasteiger partial charge on any atom is 0.0354 e. The molecule has 2 heteroatoms. The second-order valence-corrected chi connectivity index (χ2v) is 3.28. The quantitative estimate of drug-likeness (QED) is 0.443. The molecular weight excluding hydrogens is 112 g/mol. The van der Waals surface area contributed by atoms with Crippen LogP contribution in [0.1, 0.15) is 6.42 Å². The Morgan fingerprint density at radius 2 is 2.22 bits per heavy atom. The fourth-order valence-electron chi connectivity index (χ4n) is 2.42. The summed E-state index contributed by atoms with van der Waals surface area (Å²) >= 11 is 0. The van der Waals surface area contributed by atoms with Gasteiger partial charge in [0.15, 0.2) is 0 Å². The average Bonchev–Trinajstić information content (AvgIpc) is 2.50. The van der Waals surface area contributed by atoms with Crippen molar-refractivity contribution < 1.29 is 0 Å². The van der Waals surface area contributed by atoms with Crippen molar-refractivity contribution in [2.75, 3.05) is 0 Å². The van der Waals surface area contributed by atoms with Crippen LogP contribution in [0.4, 0.5) is 0 Å². The van der Waals surface area contributed by atoms with E-state index < -0.39 is 0 Å². The zero-order valence-electron chi connectivity index (χ0n) is 5.17. The summed E-state index contributed by atoms with van der Waals surface area (Å²) in [6, 6.07) is 1.50. The van der Waals surface area contributed by atoms with Gasteiger partial charge in [-0.2, -0.15) is 0 Å². The van der Waals surface area contributed by atoms with Crippen molar-refractivity contribution in [3.63, 3.8) is 0 Å². The first-order valence-electron chi connectivity index (χ1n) is 3.64. The van der Waals surface area contributed by atoms with E-state index in [4.69, 9.17) is 0 Å². The van der Waals surface area contributed by atoms with Crippen LogP contribution in [0.15, 0.2) is 12.2 Å². The van der Waals surface area contributed by atoms with Crippen molar-refractivity contribution in [2.24, 2.45) is 11.8 Å². The van der Waals surface area contributed by atoms with E-state index in [-0.39, 0.29) is 0 Å². The SMILES string of the molecule is C1=CC2C3CC1C2NN3. The average molecular weight is 122 g/mol. The van der Waals surface area contributed by atoms with Crippen molar-refractivity contribution >= 4 is 0 Å². The molecule has 1 saturated heterocycles. The van der Waals surface area contributed by atoms with E-state index in [9.17, 15) is 0 Å². The van der Waals surface area contributed by atoms with Crippen molar-refractivity contribution in [3.05, 3.63) is 12.2 Å². The molecule has 2 nitrogen and oxygen atoms in total. The fourth-order valence-corrected chi connectivity index (χ4v) is 2.42. The molecular formula is C7H10N2. The molecule has 2 fully saturated rings. The highest BCUT2D eigenvalue weighted by molar-refractivity contribution is 5.22. The van der Waals surface area contributed by atoms with Crippen LogP contribution in [0.5, 0.6) is 0 Å². The van der Waals surface area contributed by atoms with Crippen LogP contribution in [0, 0.1) is 11.8 Å². The molecule has 0 aromatic rings. The van der Waals surface area contributed by atoms with Crippen LogP contribution < -0.4 is 10.9 Å². The standard InChI is InChI=1S/C7H10N2/c1-2-5-6-3-4(1)7(5)9-8-6/h1-2,4-9H,3H2. The lowest BCUT2D eigenvalue weighted by Gasteiger charge is -2.19. The van der Waals surface area contributed by atoms with Gasteiger partial charge in [0, 0.05) is 18.0 Å². The number of nitrogens with one attached hydrogen (secondary N) is 2. The van der Waals surface area contributed by atoms with Crippen LogP contribution in [0.3, 0.4) is 0 Å². The first kappa shape index (κ1) is 4.47. The normalized spacial score (nSPS) is 59.6. The predicted molar refractivity (Wildman–Crippen MR) is 34.6 cm³/mol. The summed E-state index contributed by atoms with van der Waals surface area (Å²) in [7, 11) is 0. The Hall–Kier alpha value is -0.340. The van der Waals surface area contributed by atoms with E-state index in [2.05, 4.69) is 23.0 Å². The maximum atomic E-state index is 3.31. The largest absolute Gasteiger partial charge is 0.254 e. The van der Waals surface area contributed by atoms with E-state index in [1.165, 1.54) is 6.42 Å². The van der Waals surface area contributed by atoms with Gasteiger partial charge >= 0.3 is 0 Å². The van der Waals surface area contributed by atoms with Crippen molar-refractivity contribution in [1.29, 1.82) is 0 Å². The van der Waals surface area contributed by atoms with Crippen LogP contribution in [-0.2, 0) is 0 Å². The summed E-state index contributed by atoms with van der Waals surface area (Å²) in [5, 5.41) is 0. The van der Waals surface area contributed by atoms with E-state index >= 15 is 0 Å². The Morgan fingerprint density at radius 3 is 2.78 bits per heavy atom. The highest BCUT2D eigenvalue weighted by atomic mass is 15.4. The van der Waals surface area contributed by atoms with Gasteiger partial charge in [-0.25, -0.2) is 0 Å². The first-order chi connectivity index (χ1) is 4.45. The van der Waals surface area contributed by atoms with E-state index in [1.54, 1.807) is 0 Å². The Kier molecular flexibility index (Phi) is 0.608. The molecule has 3 rings (SSSR count). The van der Waals surface area contributed by atoms with Gasteiger partial charge in [0.25, 0.3) is 0 Å². The minimum atomic E-state index is 0.745. The first-order valence-corrected chi connectivity index (χ1v) is 3.64. The van der Waals surface area contributed by atoms with Gasteiger partial charge in [-0.15, -0.1) is 0 Å². The molecule has 48 valence electrons. The maximum absolute atomic E-state index is 3.31.